The molecule has 1 saturated heterocycles. The van der Waals surface area contributed by atoms with Gasteiger partial charge >= 0.3 is 0 Å². The van der Waals surface area contributed by atoms with Crippen molar-refractivity contribution in [1.82, 2.24) is 25.1 Å². The van der Waals surface area contributed by atoms with Crippen LogP contribution in [0.1, 0.15) is 12.0 Å². The van der Waals surface area contributed by atoms with Crippen molar-refractivity contribution >= 4 is 11.7 Å². The number of ether oxygens (including phenoxy) is 1. The van der Waals surface area contributed by atoms with E-state index in [1.165, 1.54) is 6.33 Å². The molecule has 1 aliphatic rings. The first-order valence-corrected chi connectivity index (χ1v) is 7.58. The first-order valence-electron chi connectivity index (χ1n) is 7.58. The van der Waals surface area contributed by atoms with Gasteiger partial charge in [-0.1, -0.05) is 0 Å². The van der Waals surface area contributed by atoms with Crippen LogP contribution >= 0.6 is 0 Å². The molecule has 1 aliphatic heterocycles. The smallest absolute Gasteiger partial charge is 0.224 e. The third-order valence-electron chi connectivity index (χ3n) is 3.74. The van der Waals surface area contributed by atoms with E-state index in [9.17, 15) is 4.79 Å². The highest BCUT2D eigenvalue weighted by molar-refractivity contribution is 5.78. The van der Waals surface area contributed by atoms with Crippen LogP contribution in [0, 0.1) is 0 Å². The first-order chi connectivity index (χ1) is 11.2. The zero-order valence-electron chi connectivity index (χ0n) is 13.0. The van der Waals surface area contributed by atoms with E-state index in [-0.39, 0.29) is 18.0 Å². The van der Waals surface area contributed by atoms with E-state index in [0.717, 1.165) is 17.8 Å². The SMILES string of the molecule is Cn1cc(CC(=O)N[C@H]2CCOC[C@H]2Nc2ccncn2)cn1. The third kappa shape index (κ3) is 4.26. The average molecular weight is 316 g/mol. The molecule has 0 spiro atoms. The zero-order chi connectivity index (χ0) is 16.1. The third-order valence-corrected chi connectivity index (χ3v) is 3.74. The summed E-state index contributed by atoms with van der Waals surface area (Å²) in [7, 11) is 1.83. The first kappa shape index (κ1) is 15.4. The summed E-state index contributed by atoms with van der Waals surface area (Å²) in [5, 5.41) is 10.5. The van der Waals surface area contributed by atoms with Gasteiger partial charge in [0.15, 0.2) is 0 Å². The molecule has 8 nitrogen and oxygen atoms in total. The Morgan fingerprint density at radius 1 is 1.48 bits per heavy atom. The van der Waals surface area contributed by atoms with Gasteiger partial charge in [0.05, 0.1) is 31.3 Å². The van der Waals surface area contributed by atoms with Crippen molar-refractivity contribution in [2.24, 2.45) is 7.05 Å². The molecule has 0 radical (unpaired) electrons. The van der Waals surface area contributed by atoms with E-state index in [4.69, 9.17) is 4.74 Å². The molecule has 0 aromatic carbocycles. The Labute approximate surface area is 134 Å². The van der Waals surface area contributed by atoms with Crippen LogP contribution in [0.5, 0.6) is 0 Å². The Balaban J connectivity index is 1.58. The Hall–Kier alpha value is -2.48. The predicted octanol–water partition coefficient (Wildman–Crippen LogP) is 0.138. The molecule has 8 heteroatoms. The topological polar surface area (TPSA) is 94.0 Å². The van der Waals surface area contributed by atoms with Gasteiger partial charge in [-0.25, -0.2) is 9.97 Å². The van der Waals surface area contributed by atoms with Crippen LogP contribution in [0.15, 0.2) is 31.0 Å². The molecule has 3 rings (SSSR count). The lowest BCUT2D eigenvalue weighted by Gasteiger charge is -2.33. The lowest BCUT2D eigenvalue weighted by molar-refractivity contribution is -0.121. The summed E-state index contributed by atoms with van der Waals surface area (Å²) in [5.74, 6) is 0.710. The number of amides is 1. The van der Waals surface area contributed by atoms with Gasteiger partial charge < -0.3 is 15.4 Å². The molecule has 1 amide bonds. The van der Waals surface area contributed by atoms with E-state index in [1.807, 2.05) is 13.2 Å². The van der Waals surface area contributed by atoms with Gasteiger partial charge in [-0.3, -0.25) is 9.48 Å². The van der Waals surface area contributed by atoms with Crippen LogP contribution in [0.4, 0.5) is 5.82 Å². The van der Waals surface area contributed by atoms with E-state index in [2.05, 4.69) is 25.7 Å². The van der Waals surface area contributed by atoms with E-state index in [1.54, 1.807) is 23.1 Å². The van der Waals surface area contributed by atoms with Crippen LogP contribution in [-0.4, -0.2) is 51.0 Å². The maximum absolute atomic E-state index is 12.2. The number of hydrogen-bond donors (Lipinski definition) is 2. The van der Waals surface area contributed by atoms with Gasteiger partial charge in [0, 0.05) is 26.0 Å². The van der Waals surface area contributed by atoms with Crippen molar-refractivity contribution in [3.63, 3.8) is 0 Å². The van der Waals surface area contributed by atoms with Crippen LogP contribution in [0.2, 0.25) is 0 Å². The molecule has 0 saturated carbocycles. The summed E-state index contributed by atoms with van der Waals surface area (Å²) >= 11 is 0. The fourth-order valence-electron chi connectivity index (χ4n) is 2.63. The second-order valence-electron chi connectivity index (χ2n) is 5.58. The quantitative estimate of drug-likeness (QED) is 0.815. The minimum atomic E-state index is -0.0171. The van der Waals surface area contributed by atoms with Crippen LogP contribution in [-0.2, 0) is 23.0 Å². The normalized spacial score (nSPS) is 20.9. The standard InChI is InChI=1S/C15H20N6O2/c1-21-8-11(7-18-21)6-15(22)20-12-3-5-23-9-13(12)19-14-2-4-16-10-17-14/h2,4,7-8,10,12-13H,3,5-6,9H2,1H3,(H,20,22)(H,16,17,19)/t12-,13+/m0/s1. The molecule has 0 aliphatic carbocycles. The van der Waals surface area contributed by atoms with E-state index < -0.39 is 0 Å². The number of hydrogen-bond acceptors (Lipinski definition) is 6. The van der Waals surface area contributed by atoms with Crippen molar-refractivity contribution in [2.45, 2.75) is 24.9 Å². The largest absolute Gasteiger partial charge is 0.379 e. The number of aromatic nitrogens is 4. The summed E-state index contributed by atoms with van der Waals surface area (Å²) in [6.45, 7) is 1.17. The Kier molecular flexibility index (Phi) is 4.82. The highest BCUT2D eigenvalue weighted by Gasteiger charge is 2.27. The van der Waals surface area contributed by atoms with Crippen LogP contribution in [0.3, 0.4) is 0 Å². The maximum atomic E-state index is 12.2. The fraction of sp³-hybridized carbons (Fsp3) is 0.467. The summed E-state index contributed by atoms with van der Waals surface area (Å²) in [6.07, 6.45) is 7.81. The summed E-state index contributed by atoms with van der Waals surface area (Å²) < 4.78 is 7.21. The monoisotopic (exact) mass is 316 g/mol. The Morgan fingerprint density at radius 2 is 2.39 bits per heavy atom. The molecule has 2 aromatic rings. The number of carbonyl (C=O) groups excluding carboxylic acids is 1. The summed E-state index contributed by atoms with van der Waals surface area (Å²) in [6, 6.07) is 1.78. The number of nitrogens with one attached hydrogen (secondary N) is 2. The average Bonchev–Trinajstić information content (AvgIpc) is 2.95. The van der Waals surface area contributed by atoms with Crippen molar-refractivity contribution < 1.29 is 9.53 Å². The Morgan fingerprint density at radius 3 is 3.13 bits per heavy atom. The van der Waals surface area contributed by atoms with E-state index in [0.29, 0.717) is 19.6 Å². The number of rotatable bonds is 5. The van der Waals surface area contributed by atoms with E-state index >= 15 is 0 Å². The second-order valence-corrected chi connectivity index (χ2v) is 5.58. The number of nitrogens with zero attached hydrogens (tertiary/aromatic N) is 4. The number of anilines is 1. The molecule has 2 N–H and O–H groups in total. The number of carbonyl (C=O) groups is 1. The van der Waals surface area contributed by atoms with Gasteiger partial charge in [0.1, 0.15) is 12.1 Å². The molecule has 0 unspecified atom stereocenters. The van der Waals surface area contributed by atoms with Gasteiger partial charge in [0.2, 0.25) is 5.91 Å². The van der Waals surface area contributed by atoms with Gasteiger partial charge in [-0.2, -0.15) is 5.10 Å². The van der Waals surface area contributed by atoms with Gasteiger partial charge in [-0.05, 0) is 18.1 Å². The highest BCUT2D eigenvalue weighted by Crippen LogP contribution is 2.13. The molecule has 2 atom stereocenters. The molecule has 23 heavy (non-hydrogen) atoms. The second kappa shape index (κ2) is 7.19. The highest BCUT2D eigenvalue weighted by atomic mass is 16.5. The lowest BCUT2D eigenvalue weighted by atomic mass is 10.0. The van der Waals surface area contributed by atoms with Gasteiger partial charge in [-0.15, -0.1) is 0 Å². The predicted molar refractivity (Wildman–Crippen MR) is 83.7 cm³/mol. The Bertz CT molecular complexity index is 644. The minimum absolute atomic E-state index is 0.00267. The fourth-order valence-corrected chi connectivity index (χ4v) is 2.63. The van der Waals surface area contributed by atoms with Crippen molar-refractivity contribution in [3.8, 4) is 0 Å². The van der Waals surface area contributed by atoms with Crippen LogP contribution < -0.4 is 10.6 Å². The minimum Gasteiger partial charge on any atom is -0.379 e. The molecule has 2 aromatic heterocycles. The van der Waals surface area contributed by atoms with Crippen molar-refractivity contribution in [1.29, 1.82) is 0 Å². The molecule has 1 fully saturated rings. The molecular weight excluding hydrogens is 296 g/mol. The molecule has 122 valence electrons. The van der Waals surface area contributed by atoms with Crippen molar-refractivity contribution in [2.75, 3.05) is 18.5 Å². The summed E-state index contributed by atoms with van der Waals surface area (Å²) in [5.41, 5.74) is 0.900. The molecular formula is C15H20N6O2. The molecule has 0 bridgehead atoms. The maximum Gasteiger partial charge on any atom is 0.224 e. The number of aryl methyl sites for hydroxylation is 1. The van der Waals surface area contributed by atoms with Crippen LogP contribution in [0.25, 0.3) is 0 Å². The zero-order valence-corrected chi connectivity index (χ0v) is 13.0. The lowest BCUT2D eigenvalue weighted by Crippen LogP contribution is -2.52. The van der Waals surface area contributed by atoms with Gasteiger partial charge in [0.25, 0.3) is 0 Å². The summed E-state index contributed by atoms with van der Waals surface area (Å²) in [4.78, 5) is 20.3. The van der Waals surface area contributed by atoms with Crippen molar-refractivity contribution in [3.05, 3.63) is 36.5 Å². The molecule has 3 heterocycles.